The Bertz CT molecular complexity index is 1520. The summed E-state index contributed by atoms with van der Waals surface area (Å²) < 4.78 is 9.48. The lowest BCUT2D eigenvalue weighted by molar-refractivity contribution is -0.117. The fraction of sp³-hybridized carbons (Fsp3) is 0.379. The summed E-state index contributed by atoms with van der Waals surface area (Å²) in [5.74, 6) is 1.37. The summed E-state index contributed by atoms with van der Waals surface area (Å²) in [5.41, 5.74) is 4.26. The first-order chi connectivity index (χ1) is 18.6. The highest BCUT2D eigenvalue weighted by Crippen LogP contribution is 2.25. The quantitative estimate of drug-likeness (QED) is 0.332. The van der Waals surface area contributed by atoms with E-state index in [1.807, 2.05) is 55.9 Å². The van der Waals surface area contributed by atoms with Crippen LogP contribution < -0.4 is 10.1 Å². The van der Waals surface area contributed by atoms with Crippen molar-refractivity contribution in [3.8, 4) is 11.6 Å². The van der Waals surface area contributed by atoms with Gasteiger partial charge in [0, 0.05) is 44.9 Å². The highest BCUT2D eigenvalue weighted by Gasteiger charge is 2.25. The monoisotopic (exact) mass is 529 g/mol. The van der Waals surface area contributed by atoms with E-state index in [2.05, 4.69) is 39.3 Å². The van der Waals surface area contributed by atoms with Gasteiger partial charge in [-0.3, -0.25) is 14.5 Å². The lowest BCUT2D eigenvalue weighted by Gasteiger charge is -2.19. The molecule has 1 fully saturated rings. The molecule has 204 valence electrons. The number of likely N-dealkylation sites (tertiary alicyclic amines) is 1. The highest BCUT2D eigenvalue weighted by atomic mass is 16.5. The van der Waals surface area contributed by atoms with Crippen molar-refractivity contribution in [2.45, 2.75) is 32.7 Å². The van der Waals surface area contributed by atoms with Crippen molar-refractivity contribution in [2.24, 2.45) is 7.05 Å². The molecule has 1 aliphatic rings. The molecule has 4 aromatic rings. The van der Waals surface area contributed by atoms with Crippen LogP contribution in [0.25, 0.3) is 5.65 Å². The number of aromatic nitrogens is 4. The van der Waals surface area contributed by atoms with Crippen LogP contribution in [0.3, 0.4) is 0 Å². The molecule has 10 heteroatoms. The number of carbonyl (C=O) groups is 2. The molecule has 4 heterocycles. The van der Waals surface area contributed by atoms with Gasteiger partial charge < -0.3 is 19.5 Å². The van der Waals surface area contributed by atoms with Crippen molar-refractivity contribution >= 4 is 23.2 Å². The third-order valence-corrected chi connectivity index (χ3v) is 7.23. The first-order valence-electron chi connectivity index (χ1n) is 13.1. The standard InChI is InChI=1S/C29H35N7O3/c1-19-12-24(34(5)15-19)25(37)14-21-13-23(7-6-20(21)2)39-29-9-8-27-30-26(17-36(27)32-29)31-28(38)18-35-11-10-22(16-35)33(3)4/h6-9,12-13,15,17,22H,10-11,14,16,18H2,1-5H3,(H,31,38)/t22-/m0/s1. The van der Waals surface area contributed by atoms with Crippen molar-refractivity contribution in [1.82, 2.24) is 29.0 Å². The van der Waals surface area contributed by atoms with Gasteiger partial charge in [-0.25, -0.2) is 9.50 Å². The molecule has 3 aromatic heterocycles. The van der Waals surface area contributed by atoms with E-state index in [0.29, 0.717) is 41.4 Å². The Morgan fingerprint density at radius 2 is 1.95 bits per heavy atom. The number of anilines is 1. The molecule has 0 saturated carbocycles. The van der Waals surface area contributed by atoms with Gasteiger partial charge in [-0.2, -0.15) is 0 Å². The summed E-state index contributed by atoms with van der Waals surface area (Å²) in [4.78, 5) is 34.3. The second-order valence-electron chi connectivity index (χ2n) is 10.6. The number of fused-ring (bicyclic) bond motifs is 1. The Hall–Kier alpha value is -4.02. The molecule has 0 spiro atoms. The number of Topliss-reactive ketones (excluding diaryl/α,β-unsaturated/α-hetero) is 1. The van der Waals surface area contributed by atoms with E-state index >= 15 is 0 Å². The van der Waals surface area contributed by atoms with E-state index < -0.39 is 0 Å². The summed E-state index contributed by atoms with van der Waals surface area (Å²) in [6, 6.07) is 11.6. The fourth-order valence-corrected chi connectivity index (χ4v) is 5.03. The molecule has 5 rings (SSSR count). The third kappa shape index (κ3) is 6.18. The minimum Gasteiger partial charge on any atom is -0.438 e. The van der Waals surface area contributed by atoms with Gasteiger partial charge in [0.05, 0.1) is 18.4 Å². The predicted octanol–water partition coefficient (Wildman–Crippen LogP) is 3.48. The summed E-state index contributed by atoms with van der Waals surface area (Å²) >= 11 is 0. The number of amides is 1. The maximum absolute atomic E-state index is 12.9. The molecule has 1 amide bonds. The largest absolute Gasteiger partial charge is 0.438 e. The molecular weight excluding hydrogens is 494 g/mol. The molecule has 1 aromatic carbocycles. The van der Waals surface area contributed by atoms with E-state index in [1.54, 1.807) is 22.8 Å². The molecule has 39 heavy (non-hydrogen) atoms. The summed E-state index contributed by atoms with van der Waals surface area (Å²) in [7, 11) is 6.03. The van der Waals surface area contributed by atoms with E-state index in [-0.39, 0.29) is 18.1 Å². The average Bonchev–Trinajstić information content (AvgIpc) is 3.59. The number of benzene rings is 1. The SMILES string of the molecule is Cc1cc(C(=O)Cc2cc(Oc3ccc4nc(NC(=O)CN5CC[C@H](N(C)C)C5)cn4n3)ccc2C)n(C)c1. The normalized spacial score (nSPS) is 15.8. The molecule has 0 aliphatic carbocycles. The fourth-order valence-electron chi connectivity index (χ4n) is 5.03. The lowest BCUT2D eigenvalue weighted by atomic mass is 10.0. The van der Waals surface area contributed by atoms with Crippen molar-refractivity contribution < 1.29 is 14.3 Å². The molecule has 0 unspecified atom stereocenters. The van der Waals surface area contributed by atoms with E-state index in [4.69, 9.17) is 4.74 Å². The number of hydrogen-bond donors (Lipinski definition) is 1. The van der Waals surface area contributed by atoms with Gasteiger partial charge in [0.25, 0.3) is 0 Å². The van der Waals surface area contributed by atoms with Crippen molar-refractivity contribution in [1.29, 1.82) is 0 Å². The van der Waals surface area contributed by atoms with Crippen LogP contribution in [0.1, 0.15) is 33.6 Å². The summed E-state index contributed by atoms with van der Waals surface area (Å²) in [6.07, 6.45) is 4.97. The van der Waals surface area contributed by atoms with Gasteiger partial charge in [0.1, 0.15) is 5.75 Å². The molecule has 1 saturated heterocycles. The van der Waals surface area contributed by atoms with E-state index in [0.717, 1.165) is 36.2 Å². The van der Waals surface area contributed by atoms with Gasteiger partial charge in [-0.15, -0.1) is 5.10 Å². The number of ether oxygens (including phenoxy) is 1. The van der Waals surface area contributed by atoms with Crippen LogP contribution in [0.15, 0.2) is 48.8 Å². The second-order valence-corrected chi connectivity index (χ2v) is 10.6. The Morgan fingerprint density at radius 1 is 1.13 bits per heavy atom. The van der Waals surface area contributed by atoms with Crippen LogP contribution >= 0.6 is 0 Å². The van der Waals surface area contributed by atoms with Gasteiger partial charge >= 0.3 is 0 Å². The van der Waals surface area contributed by atoms with E-state index in [1.165, 1.54) is 0 Å². The number of likely N-dealkylation sites (N-methyl/N-ethyl adjacent to an activating group) is 1. The number of hydrogen-bond acceptors (Lipinski definition) is 7. The zero-order valence-electron chi connectivity index (χ0n) is 23.1. The van der Waals surface area contributed by atoms with Crippen LogP contribution in [0, 0.1) is 13.8 Å². The highest BCUT2D eigenvalue weighted by molar-refractivity contribution is 5.96. The average molecular weight is 530 g/mol. The number of carbonyl (C=O) groups excluding carboxylic acids is 2. The van der Waals surface area contributed by atoms with Crippen LogP contribution in [-0.4, -0.2) is 80.4 Å². The number of rotatable bonds is 9. The molecule has 1 aliphatic heterocycles. The van der Waals surface area contributed by atoms with Gasteiger partial charge in [-0.05, 0) is 75.3 Å². The Balaban J connectivity index is 1.23. The number of imidazole rings is 1. The predicted molar refractivity (Wildman–Crippen MR) is 150 cm³/mol. The topological polar surface area (TPSA) is 97.0 Å². The number of ketones is 1. The zero-order chi connectivity index (χ0) is 27.7. The number of nitrogens with one attached hydrogen (secondary N) is 1. The van der Waals surface area contributed by atoms with E-state index in [9.17, 15) is 9.59 Å². The Kier molecular flexibility index (Phi) is 7.49. The molecule has 1 N–H and O–H groups in total. The first kappa shape index (κ1) is 26.6. The Labute approximate surface area is 228 Å². The molecule has 0 radical (unpaired) electrons. The van der Waals surface area contributed by atoms with Crippen LogP contribution in [0.4, 0.5) is 5.82 Å². The minimum absolute atomic E-state index is 0.0561. The second kappa shape index (κ2) is 11.0. The third-order valence-electron chi connectivity index (χ3n) is 7.23. The molecule has 10 nitrogen and oxygen atoms in total. The van der Waals surface area contributed by atoms with Crippen molar-refractivity contribution in [3.63, 3.8) is 0 Å². The van der Waals surface area contributed by atoms with Gasteiger partial charge in [-0.1, -0.05) is 6.07 Å². The molecule has 1 atom stereocenters. The van der Waals surface area contributed by atoms with Gasteiger partial charge in [0.2, 0.25) is 11.8 Å². The first-order valence-corrected chi connectivity index (χ1v) is 13.1. The summed E-state index contributed by atoms with van der Waals surface area (Å²) in [6.45, 7) is 6.09. The minimum atomic E-state index is -0.0958. The van der Waals surface area contributed by atoms with Crippen molar-refractivity contribution in [3.05, 3.63) is 71.2 Å². The van der Waals surface area contributed by atoms with Crippen molar-refractivity contribution in [2.75, 3.05) is 39.0 Å². The maximum Gasteiger partial charge on any atom is 0.239 e. The van der Waals surface area contributed by atoms with Gasteiger partial charge in [0.15, 0.2) is 17.2 Å². The van der Waals surface area contributed by atoms with Crippen LogP contribution in [-0.2, 0) is 18.3 Å². The molecular formula is C29H35N7O3. The lowest BCUT2D eigenvalue weighted by Crippen LogP contribution is -2.35. The number of aryl methyl sites for hydroxylation is 3. The Morgan fingerprint density at radius 3 is 2.67 bits per heavy atom. The van der Waals surface area contributed by atoms with Crippen LogP contribution in [0.2, 0.25) is 0 Å². The smallest absolute Gasteiger partial charge is 0.239 e. The molecule has 0 bridgehead atoms. The number of nitrogens with zero attached hydrogens (tertiary/aromatic N) is 6. The van der Waals surface area contributed by atoms with Crippen LogP contribution in [0.5, 0.6) is 11.6 Å². The zero-order valence-corrected chi connectivity index (χ0v) is 23.1. The maximum atomic E-state index is 12.9. The summed E-state index contributed by atoms with van der Waals surface area (Å²) in [5, 5.41) is 7.38.